The Morgan fingerprint density at radius 1 is 0.952 bits per heavy atom. The molecule has 6 nitrogen and oxygen atoms in total. The van der Waals surface area contributed by atoms with E-state index in [-0.39, 0.29) is 17.0 Å². The highest BCUT2D eigenvalue weighted by atomic mass is 16.4. The summed E-state index contributed by atoms with van der Waals surface area (Å²) in [6.07, 6.45) is 0. The molecule has 0 saturated carbocycles. The number of nitrogens with one attached hydrogen (secondary N) is 2. The van der Waals surface area contributed by atoms with E-state index in [1.54, 1.807) is 12.1 Å². The smallest absolute Gasteiger partial charge is 0.339 e. The molecular weight excluding hydrogens is 272 g/mol. The number of aromatic hydroxyl groups is 1. The summed E-state index contributed by atoms with van der Waals surface area (Å²) in [6.45, 7) is 1.94. The van der Waals surface area contributed by atoms with Crippen molar-refractivity contribution in [1.29, 1.82) is 0 Å². The van der Waals surface area contributed by atoms with Gasteiger partial charge in [-0.1, -0.05) is 17.7 Å². The lowest BCUT2D eigenvalue weighted by Gasteiger charge is -2.09. The number of hydrogen-bond acceptors (Lipinski definition) is 3. The second kappa shape index (κ2) is 5.96. The van der Waals surface area contributed by atoms with Gasteiger partial charge < -0.3 is 20.8 Å². The molecule has 6 heteroatoms. The van der Waals surface area contributed by atoms with E-state index >= 15 is 0 Å². The summed E-state index contributed by atoms with van der Waals surface area (Å²) in [7, 11) is 0. The molecule has 0 heterocycles. The molecule has 0 aromatic heterocycles. The Morgan fingerprint density at radius 3 is 2.14 bits per heavy atom. The number of anilines is 2. The zero-order chi connectivity index (χ0) is 15.4. The molecule has 0 bridgehead atoms. The largest absolute Gasteiger partial charge is 0.507 e. The van der Waals surface area contributed by atoms with Gasteiger partial charge in [0, 0.05) is 11.4 Å². The van der Waals surface area contributed by atoms with Crippen LogP contribution >= 0.6 is 0 Å². The second-order valence-electron chi connectivity index (χ2n) is 4.48. The third kappa shape index (κ3) is 3.73. The van der Waals surface area contributed by atoms with Crippen LogP contribution in [0, 0.1) is 6.92 Å². The average Bonchev–Trinajstić information content (AvgIpc) is 2.43. The van der Waals surface area contributed by atoms with E-state index in [2.05, 4.69) is 10.6 Å². The molecule has 0 aliphatic heterocycles. The maximum atomic E-state index is 11.8. The van der Waals surface area contributed by atoms with Gasteiger partial charge >= 0.3 is 12.0 Å². The van der Waals surface area contributed by atoms with Gasteiger partial charge in [0.1, 0.15) is 11.3 Å². The fraction of sp³-hybridized carbons (Fsp3) is 0.0667. The van der Waals surface area contributed by atoms with Gasteiger partial charge in [-0.05, 0) is 37.3 Å². The van der Waals surface area contributed by atoms with Crippen LogP contribution in [0.1, 0.15) is 15.9 Å². The third-order valence-electron chi connectivity index (χ3n) is 2.79. The molecule has 0 unspecified atom stereocenters. The van der Waals surface area contributed by atoms with E-state index < -0.39 is 12.0 Å². The minimum Gasteiger partial charge on any atom is -0.507 e. The first-order chi connectivity index (χ1) is 9.95. The molecule has 2 aromatic rings. The van der Waals surface area contributed by atoms with Crippen molar-refractivity contribution in [3.05, 3.63) is 53.6 Å². The van der Waals surface area contributed by atoms with Crippen LogP contribution in [0.4, 0.5) is 16.2 Å². The normalized spacial score (nSPS) is 9.95. The van der Waals surface area contributed by atoms with Crippen molar-refractivity contribution in [2.75, 3.05) is 10.6 Å². The number of carboxylic acids is 1. The van der Waals surface area contributed by atoms with Crippen molar-refractivity contribution in [1.82, 2.24) is 0 Å². The molecule has 108 valence electrons. The van der Waals surface area contributed by atoms with E-state index in [4.69, 9.17) is 5.11 Å². The SMILES string of the molecule is Cc1ccc(NC(=O)Nc2ccc(O)c(C(=O)O)c2)cc1. The molecule has 0 radical (unpaired) electrons. The summed E-state index contributed by atoms with van der Waals surface area (Å²) in [5.74, 6) is -1.62. The third-order valence-corrected chi connectivity index (χ3v) is 2.79. The van der Waals surface area contributed by atoms with Crippen LogP contribution < -0.4 is 10.6 Å². The number of urea groups is 1. The van der Waals surface area contributed by atoms with Gasteiger partial charge in [-0.15, -0.1) is 0 Å². The predicted octanol–water partition coefficient (Wildman–Crippen LogP) is 3.04. The van der Waals surface area contributed by atoms with Crippen molar-refractivity contribution in [3.8, 4) is 5.75 Å². The van der Waals surface area contributed by atoms with Crippen LogP contribution in [0.3, 0.4) is 0 Å². The number of benzene rings is 2. The molecule has 0 aliphatic carbocycles. The zero-order valence-corrected chi connectivity index (χ0v) is 11.3. The van der Waals surface area contributed by atoms with E-state index in [1.165, 1.54) is 18.2 Å². The predicted molar refractivity (Wildman–Crippen MR) is 78.9 cm³/mol. The van der Waals surface area contributed by atoms with Crippen LogP contribution in [0.15, 0.2) is 42.5 Å². The molecule has 4 N–H and O–H groups in total. The zero-order valence-electron chi connectivity index (χ0n) is 11.3. The summed E-state index contributed by atoms with van der Waals surface area (Å²) in [6, 6.07) is 10.6. The number of carboxylic acid groups (broad SMARTS) is 1. The van der Waals surface area contributed by atoms with Gasteiger partial charge in [-0.2, -0.15) is 0 Å². The number of rotatable bonds is 3. The molecule has 21 heavy (non-hydrogen) atoms. The fourth-order valence-corrected chi connectivity index (χ4v) is 1.72. The minimum atomic E-state index is -1.27. The summed E-state index contributed by atoms with van der Waals surface area (Å²) in [4.78, 5) is 22.7. The molecule has 0 saturated heterocycles. The van der Waals surface area contributed by atoms with Crippen molar-refractivity contribution in [2.45, 2.75) is 6.92 Å². The van der Waals surface area contributed by atoms with Gasteiger partial charge in [0.2, 0.25) is 0 Å². The monoisotopic (exact) mass is 286 g/mol. The molecule has 0 aliphatic rings. The summed E-state index contributed by atoms with van der Waals surface area (Å²) in [5, 5.41) is 23.4. The number of phenols is 1. The Labute approximate surface area is 121 Å². The maximum Gasteiger partial charge on any atom is 0.339 e. The lowest BCUT2D eigenvalue weighted by Crippen LogP contribution is -2.19. The molecule has 0 fully saturated rings. The number of amides is 2. The number of aromatic carboxylic acids is 1. The number of hydrogen-bond donors (Lipinski definition) is 4. The molecule has 0 atom stereocenters. The topological polar surface area (TPSA) is 98.7 Å². The van der Waals surface area contributed by atoms with Crippen LogP contribution in [-0.4, -0.2) is 22.2 Å². The minimum absolute atomic E-state index is 0.273. The highest BCUT2D eigenvalue weighted by Crippen LogP contribution is 2.21. The lowest BCUT2D eigenvalue weighted by molar-refractivity contribution is 0.0693. The molecule has 0 spiro atoms. The highest BCUT2D eigenvalue weighted by Gasteiger charge is 2.11. The van der Waals surface area contributed by atoms with E-state index in [0.29, 0.717) is 5.69 Å². The van der Waals surface area contributed by atoms with Crippen molar-refractivity contribution in [2.24, 2.45) is 0 Å². The lowest BCUT2D eigenvalue weighted by atomic mass is 10.2. The Hall–Kier alpha value is -3.02. The second-order valence-corrected chi connectivity index (χ2v) is 4.48. The van der Waals surface area contributed by atoms with Crippen molar-refractivity contribution < 1.29 is 19.8 Å². The van der Waals surface area contributed by atoms with Crippen LogP contribution in [0.25, 0.3) is 0 Å². The van der Waals surface area contributed by atoms with Gasteiger partial charge in [-0.3, -0.25) is 0 Å². The Kier molecular flexibility index (Phi) is 4.08. The van der Waals surface area contributed by atoms with Crippen LogP contribution in [0.2, 0.25) is 0 Å². The number of carbonyl (C=O) groups excluding carboxylic acids is 1. The van der Waals surface area contributed by atoms with Crippen LogP contribution in [0.5, 0.6) is 5.75 Å². The van der Waals surface area contributed by atoms with Crippen molar-refractivity contribution >= 4 is 23.4 Å². The number of aryl methyl sites for hydroxylation is 1. The van der Waals surface area contributed by atoms with Crippen LogP contribution in [-0.2, 0) is 0 Å². The van der Waals surface area contributed by atoms with Gasteiger partial charge in [-0.25, -0.2) is 9.59 Å². The molecule has 2 rings (SSSR count). The highest BCUT2D eigenvalue weighted by molar-refractivity contribution is 6.01. The van der Waals surface area contributed by atoms with Gasteiger partial charge in [0.15, 0.2) is 0 Å². The summed E-state index contributed by atoms with van der Waals surface area (Å²) in [5.41, 5.74) is 1.69. The fourth-order valence-electron chi connectivity index (χ4n) is 1.72. The summed E-state index contributed by atoms with van der Waals surface area (Å²) >= 11 is 0. The Bertz CT molecular complexity index is 681. The Morgan fingerprint density at radius 2 is 1.52 bits per heavy atom. The van der Waals surface area contributed by atoms with E-state index in [1.807, 2.05) is 19.1 Å². The van der Waals surface area contributed by atoms with E-state index in [9.17, 15) is 14.7 Å². The first kappa shape index (κ1) is 14.4. The first-order valence-electron chi connectivity index (χ1n) is 6.16. The molecule has 2 amide bonds. The first-order valence-corrected chi connectivity index (χ1v) is 6.16. The standard InChI is InChI=1S/C15H14N2O4/c1-9-2-4-10(5-3-9)16-15(21)17-11-6-7-13(18)12(8-11)14(19)20/h2-8,18H,1H3,(H,19,20)(H2,16,17,21). The van der Waals surface area contributed by atoms with E-state index in [0.717, 1.165) is 5.56 Å². The Balaban J connectivity index is 2.07. The van der Waals surface area contributed by atoms with Gasteiger partial charge in [0.25, 0.3) is 0 Å². The van der Waals surface area contributed by atoms with Gasteiger partial charge in [0.05, 0.1) is 0 Å². The quantitative estimate of drug-likeness (QED) is 0.652. The average molecular weight is 286 g/mol. The molecular formula is C15H14N2O4. The molecule has 2 aromatic carbocycles. The summed E-state index contributed by atoms with van der Waals surface area (Å²) < 4.78 is 0. The van der Waals surface area contributed by atoms with Crippen molar-refractivity contribution in [3.63, 3.8) is 0 Å². The maximum absolute atomic E-state index is 11.8. The number of carbonyl (C=O) groups is 2.